The van der Waals surface area contributed by atoms with Crippen molar-refractivity contribution in [1.82, 2.24) is 4.90 Å². The fraction of sp³-hybridized carbons (Fsp3) is 0.909. The molecule has 0 aromatic rings. The lowest BCUT2D eigenvalue weighted by Gasteiger charge is -2.41. The molecular formula is C11H21NO. The van der Waals surface area contributed by atoms with E-state index < -0.39 is 0 Å². The van der Waals surface area contributed by atoms with E-state index >= 15 is 0 Å². The molecule has 0 heterocycles. The average Bonchev–Trinajstić information content (AvgIpc) is 1.94. The number of carbonyl (C=O) groups is 1. The van der Waals surface area contributed by atoms with Crippen molar-refractivity contribution in [2.75, 3.05) is 0 Å². The van der Waals surface area contributed by atoms with E-state index in [4.69, 9.17) is 0 Å². The maximum absolute atomic E-state index is 11.8. The van der Waals surface area contributed by atoms with Crippen molar-refractivity contribution in [3.05, 3.63) is 0 Å². The summed E-state index contributed by atoms with van der Waals surface area (Å²) in [6, 6.07) is 0.898. The van der Waals surface area contributed by atoms with Crippen molar-refractivity contribution in [2.24, 2.45) is 5.92 Å². The van der Waals surface area contributed by atoms with Gasteiger partial charge in [0.05, 0.1) is 0 Å². The summed E-state index contributed by atoms with van der Waals surface area (Å²) in [5.41, 5.74) is 0. The van der Waals surface area contributed by atoms with Crippen molar-refractivity contribution in [2.45, 2.75) is 59.0 Å². The third kappa shape index (κ3) is 2.23. The zero-order valence-corrected chi connectivity index (χ0v) is 9.21. The van der Waals surface area contributed by atoms with E-state index in [0.717, 1.165) is 0 Å². The van der Waals surface area contributed by atoms with Crippen LogP contribution in [0.4, 0.5) is 0 Å². The van der Waals surface area contributed by atoms with E-state index in [9.17, 15) is 4.79 Å². The summed E-state index contributed by atoms with van der Waals surface area (Å²) in [6.07, 6.45) is 3.70. The Bertz CT molecular complexity index is 183. The van der Waals surface area contributed by atoms with Crippen LogP contribution in [-0.4, -0.2) is 22.9 Å². The van der Waals surface area contributed by atoms with Gasteiger partial charge in [0.1, 0.15) is 0 Å². The van der Waals surface area contributed by atoms with Crippen LogP contribution in [0.25, 0.3) is 0 Å². The molecule has 2 heteroatoms. The molecule has 0 atom stereocenters. The lowest BCUT2D eigenvalue weighted by molar-refractivity contribution is -0.140. The van der Waals surface area contributed by atoms with Gasteiger partial charge in [0.2, 0.25) is 5.91 Å². The number of carbonyl (C=O) groups excluding carboxylic acids is 1. The zero-order valence-electron chi connectivity index (χ0n) is 9.21. The van der Waals surface area contributed by atoms with Gasteiger partial charge in [0.15, 0.2) is 0 Å². The van der Waals surface area contributed by atoms with E-state index in [1.54, 1.807) is 0 Å². The van der Waals surface area contributed by atoms with Gasteiger partial charge in [0.25, 0.3) is 0 Å². The van der Waals surface area contributed by atoms with Gasteiger partial charge in [0, 0.05) is 18.0 Å². The highest BCUT2D eigenvalue weighted by molar-refractivity contribution is 5.78. The van der Waals surface area contributed by atoms with Crippen LogP contribution in [0.15, 0.2) is 0 Å². The quantitative estimate of drug-likeness (QED) is 0.658. The van der Waals surface area contributed by atoms with Gasteiger partial charge in [-0.2, -0.15) is 0 Å². The molecule has 1 aliphatic rings. The normalized spacial score (nSPS) is 17.7. The molecule has 0 aromatic heterocycles. The summed E-state index contributed by atoms with van der Waals surface area (Å²) in [4.78, 5) is 13.9. The van der Waals surface area contributed by atoms with Crippen LogP contribution in [0, 0.1) is 5.92 Å². The van der Waals surface area contributed by atoms with Gasteiger partial charge in [-0.1, -0.05) is 13.8 Å². The Balaban J connectivity index is 2.61. The summed E-state index contributed by atoms with van der Waals surface area (Å²) in [5, 5.41) is 0. The van der Waals surface area contributed by atoms with Crippen LogP contribution in [0.5, 0.6) is 0 Å². The first-order valence-corrected chi connectivity index (χ1v) is 5.36. The molecule has 0 aliphatic heterocycles. The number of amides is 1. The first kappa shape index (κ1) is 10.6. The molecule has 0 N–H and O–H groups in total. The molecule has 1 aliphatic carbocycles. The highest BCUT2D eigenvalue weighted by Gasteiger charge is 2.31. The summed E-state index contributed by atoms with van der Waals surface area (Å²) in [5.74, 6) is 0.461. The lowest BCUT2D eigenvalue weighted by atomic mass is 9.89. The Hall–Kier alpha value is -0.530. The second-order valence-electron chi connectivity index (χ2n) is 4.58. The van der Waals surface area contributed by atoms with Crippen molar-refractivity contribution in [3.8, 4) is 0 Å². The Labute approximate surface area is 81.3 Å². The highest BCUT2D eigenvalue weighted by Crippen LogP contribution is 2.27. The first-order valence-electron chi connectivity index (χ1n) is 5.36. The summed E-state index contributed by atoms with van der Waals surface area (Å²) in [6.45, 7) is 8.18. The summed E-state index contributed by atoms with van der Waals surface area (Å²) < 4.78 is 0. The third-order valence-corrected chi connectivity index (χ3v) is 2.77. The second-order valence-corrected chi connectivity index (χ2v) is 4.58. The molecule has 0 saturated heterocycles. The van der Waals surface area contributed by atoms with Gasteiger partial charge < -0.3 is 4.90 Å². The Morgan fingerprint density at radius 1 is 1.23 bits per heavy atom. The number of hydrogen-bond donors (Lipinski definition) is 0. The van der Waals surface area contributed by atoms with Crippen LogP contribution in [0.1, 0.15) is 47.0 Å². The van der Waals surface area contributed by atoms with Gasteiger partial charge in [-0.05, 0) is 33.1 Å². The highest BCUT2D eigenvalue weighted by atomic mass is 16.2. The Morgan fingerprint density at radius 2 is 1.77 bits per heavy atom. The molecule has 0 aromatic carbocycles. The minimum atomic E-state index is 0.142. The third-order valence-electron chi connectivity index (χ3n) is 2.77. The van der Waals surface area contributed by atoms with E-state index in [-0.39, 0.29) is 5.92 Å². The molecule has 2 nitrogen and oxygen atoms in total. The second kappa shape index (κ2) is 4.12. The van der Waals surface area contributed by atoms with Crippen LogP contribution in [-0.2, 0) is 4.79 Å². The zero-order chi connectivity index (χ0) is 10.0. The average molecular weight is 183 g/mol. The molecule has 76 valence electrons. The molecular weight excluding hydrogens is 162 g/mol. The van der Waals surface area contributed by atoms with E-state index in [1.165, 1.54) is 19.3 Å². The molecule has 0 unspecified atom stereocenters. The summed E-state index contributed by atoms with van der Waals surface area (Å²) >= 11 is 0. The minimum absolute atomic E-state index is 0.142. The predicted octanol–water partition coefficient (Wildman–Crippen LogP) is 2.43. The molecule has 1 saturated carbocycles. The first-order chi connectivity index (χ1) is 6.04. The maximum atomic E-state index is 11.8. The smallest absolute Gasteiger partial charge is 0.225 e. The van der Waals surface area contributed by atoms with E-state index in [1.807, 2.05) is 13.8 Å². The van der Waals surface area contributed by atoms with Gasteiger partial charge in [-0.25, -0.2) is 0 Å². The molecule has 0 radical (unpaired) electrons. The monoisotopic (exact) mass is 183 g/mol. The molecule has 1 fully saturated rings. The van der Waals surface area contributed by atoms with Crippen LogP contribution in [0.3, 0.4) is 0 Å². The summed E-state index contributed by atoms with van der Waals surface area (Å²) in [7, 11) is 0. The number of nitrogens with zero attached hydrogens (tertiary/aromatic N) is 1. The Morgan fingerprint density at radius 3 is 2.00 bits per heavy atom. The van der Waals surface area contributed by atoms with Crippen LogP contribution >= 0.6 is 0 Å². The number of rotatable bonds is 3. The molecule has 1 amide bonds. The molecule has 13 heavy (non-hydrogen) atoms. The Kier molecular flexibility index (Phi) is 3.34. The van der Waals surface area contributed by atoms with Crippen LogP contribution < -0.4 is 0 Å². The predicted molar refractivity (Wildman–Crippen MR) is 54.5 cm³/mol. The van der Waals surface area contributed by atoms with Gasteiger partial charge >= 0.3 is 0 Å². The van der Waals surface area contributed by atoms with Gasteiger partial charge in [-0.15, -0.1) is 0 Å². The van der Waals surface area contributed by atoms with Gasteiger partial charge in [-0.3, -0.25) is 4.79 Å². The minimum Gasteiger partial charge on any atom is -0.337 e. The largest absolute Gasteiger partial charge is 0.337 e. The maximum Gasteiger partial charge on any atom is 0.225 e. The molecule has 0 bridgehead atoms. The molecule has 0 spiro atoms. The van der Waals surface area contributed by atoms with Crippen molar-refractivity contribution in [3.63, 3.8) is 0 Å². The van der Waals surface area contributed by atoms with Crippen molar-refractivity contribution >= 4 is 5.91 Å². The number of hydrogen-bond acceptors (Lipinski definition) is 1. The molecule has 1 rings (SSSR count). The SMILES string of the molecule is CC(C)C(=O)N(C(C)C)C1CCC1. The fourth-order valence-electron chi connectivity index (χ4n) is 1.82. The lowest BCUT2D eigenvalue weighted by Crippen LogP contribution is -2.49. The van der Waals surface area contributed by atoms with E-state index in [0.29, 0.717) is 18.0 Å². The van der Waals surface area contributed by atoms with E-state index in [2.05, 4.69) is 18.7 Å². The van der Waals surface area contributed by atoms with Crippen molar-refractivity contribution < 1.29 is 4.79 Å². The topological polar surface area (TPSA) is 20.3 Å². The van der Waals surface area contributed by atoms with Crippen molar-refractivity contribution in [1.29, 1.82) is 0 Å². The standard InChI is InChI=1S/C11H21NO/c1-8(2)11(13)12(9(3)4)10-6-5-7-10/h8-10H,5-7H2,1-4H3. The fourth-order valence-corrected chi connectivity index (χ4v) is 1.82. The van der Waals surface area contributed by atoms with Crippen LogP contribution in [0.2, 0.25) is 0 Å².